The van der Waals surface area contributed by atoms with Crippen LogP contribution in [0.2, 0.25) is 0 Å². The predicted molar refractivity (Wildman–Crippen MR) is 191 cm³/mol. The van der Waals surface area contributed by atoms with E-state index in [9.17, 15) is 31.6 Å². The molecule has 2 aromatic rings. The number of benzene rings is 2. The number of sulfonamides is 1. The third-order valence-electron chi connectivity index (χ3n) is 11.2. The summed E-state index contributed by atoms with van der Waals surface area (Å²) < 4.78 is 55.4. The van der Waals surface area contributed by atoms with Gasteiger partial charge in [0.15, 0.2) is 0 Å². The molecule has 3 N–H and O–H groups in total. The normalized spacial score (nSPS) is 26.4. The largest absolute Gasteiger partial charge is 0.390 e. The van der Waals surface area contributed by atoms with Gasteiger partial charge in [0.2, 0.25) is 28.3 Å². The van der Waals surface area contributed by atoms with E-state index in [2.05, 4.69) is 15.8 Å². The molecular formula is C38H47F2N5O6S. The minimum atomic E-state index is -4.07. The van der Waals surface area contributed by atoms with Crippen molar-refractivity contribution >= 4 is 33.5 Å². The van der Waals surface area contributed by atoms with Crippen molar-refractivity contribution in [2.24, 2.45) is 16.5 Å². The smallest absolute Gasteiger partial charge is 0.259 e. The first-order valence-corrected chi connectivity index (χ1v) is 19.9. The maximum atomic E-state index is 14.6. The van der Waals surface area contributed by atoms with Gasteiger partial charge in [0.1, 0.15) is 23.4 Å². The third-order valence-corrected chi connectivity index (χ3v) is 13.0. The first-order chi connectivity index (χ1) is 24.7. The van der Waals surface area contributed by atoms with E-state index in [0.29, 0.717) is 18.6 Å². The number of nitrogens with zero attached hydrogens (tertiary/aromatic N) is 2. The fourth-order valence-electron chi connectivity index (χ4n) is 7.99. The van der Waals surface area contributed by atoms with Gasteiger partial charge in [-0.2, -0.15) is 0 Å². The molecule has 3 amide bonds. The van der Waals surface area contributed by atoms with Crippen molar-refractivity contribution in [2.45, 2.75) is 120 Å². The fraction of sp³-hybridized carbons (Fsp3) is 0.579. The van der Waals surface area contributed by atoms with E-state index in [-0.39, 0.29) is 24.9 Å². The van der Waals surface area contributed by atoms with E-state index in [4.69, 9.17) is 4.84 Å². The van der Waals surface area contributed by atoms with Gasteiger partial charge in [-0.25, -0.2) is 17.2 Å². The highest BCUT2D eigenvalue weighted by Crippen LogP contribution is 2.48. The van der Waals surface area contributed by atoms with Gasteiger partial charge in [-0.15, -0.1) is 0 Å². The topological polar surface area (TPSA) is 146 Å². The predicted octanol–water partition coefficient (Wildman–Crippen LogP) is 4.49. The molecule has 0 radical (unpaired) electrons. The van der Waals surface area contributed by atoms with Crippen LogP contribution in [0.3, 0.4) is 0 Å². The average molecular weight is 740 g/mol. The van der Waals surface area contributed by atoms with Gasteiger partial charge < -0.3 is 20.4 Å². The number of oxime groups is 1. The lowest BCUT2D eigenvalue weighted by atomic mass is 9.83. The Morgan fingerprint density at radius 2 is 1.52 bits per heavy atom. The molecule has 4 fully saturated rings. The van der Waals surface area contributed by atoms with Gasteiger partial charge in [-0.05, 0) is 48.6 Å². The van der Waals surface area contributed by atoms with E-state index >= 15 is 0 Å². The van der Waals surface area contributed by atoms with Crippen molar-refractivity contribution in [3.63, 3.8) is 0 Å². The van der Waals surface area contributed by atoms with Gasteiger partial charge in [-0.3, -0.25) is 19.1 Å². The molecule has 0 bridgehead atoms. The minimum Gasteiger partial charge on any atom is -0.390 e. The zero-order valence-corrected chi connectivity index (χ0v) is 30.6. The summed E-state index contributed by atoms with van der Waals surface area (Å²) in [5, 5.41) is 9.89. The number of rotatable bonds is 11. The molecule has 1 saturated heterocycles. The van der Waals surface area contributed by atoms with Crippen LogP contribution in [0.25, 0.3) is 11.1 Å². The van der Waals surface area contributed by atoms with Crippen molar-refractivity contribution in [1.82, 2.24) is 20.3 Å². The molecule has 280 valence electrons. The van der Waals surface area contributed by atoms with Crippen molar-refractivity contribution in [2.75, 3.05) is 6.54 Å². The Hall–Kier alpha value is -3.91. The Labute approximate surface area is 303 Å². The van der Waals surface area contributed by atoms with Crippen LogP contribution in [0.5, 0.6) is 0 Å². The number of amides is 3. The maximum absolute atomic E-state index is 14.6. The zero-order chi connectivity index (χ0) is 37.0. The molecule has 2 aromatic carbocycles. The van der Waals surface area contributed by atoms with E-state index in [1.54, 1.807) is 0 Å². The second-order valence-electron chi connectivity index (χ2n) is 16.1. The number of carbonyl (C=O) groups is 3. The van der Waals surface area contributed by atoms with Crippen molar-refractivity contribution in [3.05, 3.63) is 59.7 Å². The minimum absolute atomic E-state index is 0.0105. The van der Waals surface area contributed by atoms with Crippen LogP contribution >= 0.6 is 0 Å². The monoisotopic (exact) mass is 739 g/mol. The highest BCUT2D eigenvalue weighted by molar-refractivity contribution is 7.91. The van der Waals surface area contributed by atoms with Gasteiger partial charge in [-0.1, -0.05) is 93.7 Å². The molecular weight excluding hydrogens is 693 g/mol. The number of carbonyl (C=O) groups excluding carboxylic acids is 3. The molecule has 3 saturated carbocycles. The third kappa shape index (κ3) is 7.07. The highest BCUT2D eigenvalue weighted by Gasteiger charge is 2.67. The molecule has 5 atom stereocenters. The Kier molecular flexibility index (Phi) is 9.68. The van der Waals surface area contributed by atoms with Gasteiger partial charge in [0.25, 0.3) is 5.91 Å². The number of nitrogens with one attached hydrogen (secondary N) is 3. The summed E-state index contributed by atoms with van der Waals surface area (Å²) in [6, 6.07) is 13.9. The molecule has 14 heteroatoms. The van der Waals surface area contributed by atoms with E-state index < -0.39 is 75.0 Å². The number of alkyl halides is 2. The molecule has 1 heterocycles. The molecule has 5 aliphatic rings. The van der Waals surface area contributed by atoms with Crippen LogP contribution in [0.1, 0.15) is 89.7 Å². The SMILES string of the molecule is CC(C)(C)[C@H](NC1CCCCC1)C(=O)N1C[C@H](ON=C2c3ccccc3-c3ccccc32)C[C@H]1C(=O)N[C@@]1(C(=O)NS(=O)(=O)C2CC2)C[C@H]1C(F)F. The molecule has 4 aliphatic carbocycles. The van der Waals surface area contributed by atoms with Gasteiger partial charge >= 0.3 is 0 Å². The Bertz CT molecular complexity index is 1820. The maximum Gasteiger partial charge on any atom is 0.259 e. The summed E-state index contributed by atoms with van der Waals surface area (Å²) in [6.07, 6.45) is 1.64. The average Bonchev–Trinajstić information content (AvgIpc) is 4.02. The Morgan fingerprint density at radius 3 is 2.06 bits per heavy atom. The Balaban J connectivity index is 1.17. The van der Waals surface area contributed by atoms with E-state index in [1.165, 1.54) is 4.90 Å². The molecule has 0 unspecified atom stereocenters. The molecule has 11 nitrogen and oxygen atoms in total. The van der Waals surface area contributed by atoms with Crippen LogP contribution in [-0.2, 0) is 29.2 Å². The lowest BCUT2D eigenvalue weighted by Crippen LogP contribution is -2.60. The van der Waals surface area contributed by atoms with Gasteiger partial charge in [0.05, 0.1) is 23.8 Å². The second-order valence-corrected chi connectivity index (χ2v) is 18.0. The molecule has 7 rings (SSSR count). The van der Waals surface area contributed by atoms with Crippen molar-refractivity contribution in [3.8, 4) is 11.1 Å². The number of halogens is 2. The number of likely N-dealkylation sites (tertiary alicyclic amines) is 1. The summed E-state index contributed by atoms with van der Waals surface area (Å²) in [6.45, 7) is 5.83. The quantitative estimate of drug-likeness (QED) is 0.246. The summed E-state index contributed by atoms with van der Waals surface area (Å²) in [5.41, 5.74) is 1.72. The van der Waals surface area contributed by atoms with Crippen LogP contribution < -0.4 is 15.4 Å². The Morgan fingerprint density at radius 1 is 0.923 bits per heavy atom. The summed E-state index contributed by atoms with van der Waals surface area (Å²) in [7, 11) is -4.07. The summed E-state index contributed by atoms with van der Waals surface area (Å²) >= 11 is 0. The first kappa shape index (κ1) is 36.4. The van der Waals surface area contributed by atoms with Crippen LogP contribution in [0, 0.1) is 11.3 Å². The second kappa shape index (κ2) is 13.8. The van der Waals surface area contributed by atoms with Crippen molar-refractivity contribution in [1.29, 1.82) is 0 Å². The van der Waals surface area contributed by atoms with Crippen LogP contribution in [0.15, 0.2) is 53.7 Å². The number of hydrogen-bond acceptors (Lipinski definition) is 8. The first-order valence-electron chi connectivity index (χ1n) is 18.4. The van der Waals surface area contributed by atoms with Crippen LogP contribution in [0.4, 0.5) is 8.78 Å². The van der Waals surface area contributed by atoms with Gasteiger partial charge in [0, 0.05) is 23.6 Å². The lowest BCUT2D eigenvalue weighted by molar-refractivity contribution is -0.143. The lowest BCUT2D eigenvalue weighted by Gasteiger charge is -2.38. The molecule has 0 aromatic heterocycles. The highest BCUT2D eigenvalue weighted by atomic mass is 32.2. The fourth-order valence-corrected chi connectivity index (χ4v) is 9.35. The van der Waals surface area contributed by atoms with Crippen molar-refractivity contribution < 1.29 is 36.4 Å². The molecule has 0 spiro atoms. The van der Waals surface area contributed by atoms with Crippen LogP contribution in [-0.4, -0.2) is 84.7 Å². The zero-order valence-electron chi connectivity index (χ0n) is 29.7. The molecule has 1 aliphatic heterocycles. The summed E-state index contributed by atoms with van der Waals surface area (Å²) in [5.74, 6) is -3.92. The van der Waals surface area contributed by atoms with E-state index in [1.807, 2.05) is 74.0 Å². The molecule has 52 heavy (non-hydrogen) atoms. The summed E-state index contributed by atoms with van der Waals surface area (Å²) in [4.78, 5) is 49.7. The van der Waals surface area contributed by atoms with E-state index in [0.717, 1.165) is 54.4 Å². The number of fused-ring (bicyclic) bond motifs is 3. The standard InChI is InChI=1S/C38H47F2N5O6S/c1-37(2,3)32(41-22-11-5-4-6-12-22)35(47)45-21-23(51-43-31-27-15-9-7-13-25(27)26-14-8-10-16-28(26)31)19-30(45)34(46)42-38(20-29(38)33(39)40)36(48)44-52(49,50)24-17-18-24/h7-10,13-16,22-24,29-30,32-33,41H,4-6,11-12,17-21H2,1-3H3,(H,42,46)(H,44,48)/t23-,29+,30+,32-,38+/m1/s1. The number of hydrogen-bond donors (Lipinski definition) is 3.